The van der Waals surface area contributed by atoms with Gasteiger partial charge in [-0.3, -0.25) is 0 Å². The Bertz CT molecular complexity index is 579. The second kappa shape index (κ2) is 6.42. The highest BCUT2D eigenvalue weighted by molar-refractivity contribution is 5.36. The number of para-hydroxylation sites is 1. The van der Waals surface area contributed by atoms with Gasteiger partial charge in [-0.25, -0.2) is 4.39 Å². The van der Waals surface area contributed by atoms with Gasteiger partial charge < -0.3 is 9.47 Å². The Balaban J connectivity index is 2.17. The largest absolute Gasteiger partial charge is 0.494 e. The normalized spacial score (nSPS) is 10.7. The molecule has 3 heteroatoms. The van der Waals surface area contributed by atoms with Crippen LogP contribution in [0.1, 0.15) is 30.9 Å². The van der Waals surface area contributed by atoms with Crippen molar-refractivity contribution in [2.24, 2.45) is 0 Å². The quantitative estimate of drug-likeness (QED) is 0.797. The van der Waals surface area contributed by atoms with Gasteiger partial charge in [-0.05, 0) is 23.6 Å². The Labute approximate surface area is 119 Å². The zero-order chi connectivity index (χ0) is 14.5. The zero-order valence-electron chi connectivity index (χ0n) is 12.0. The molecule has 2 aromatic carbocycles. The smallest absolute Gasteiger partial charge is 0.171 e. The van der Waals surface area contributed by atoms with Gasteiger partial charge >= 0.3 is 0 Å². The topological polar surface area (TPSA) is 18.5 Å². The second-order valence-electron chi connectivity index (χ2n) is 4.91. The van der Waals surface area contributed by atoms with Crippen LogP contribution in [0.5, 0.6) is 11.5 Å². The van der Waals surface area contributed by atoms with E-state index in [1.54, 1.807) is 18.2 Å². The molecule has 0 aromatic heterocycles. The number of halogens is 1. The molecule has 0 spiro atoms. The van der Waals surface area contributed by atoms with Crippen molar-refractivity contribution in [1.82, 2.24) is 0 Å². The summed E-state index contributed by atoms with van der Waals surface area (Å²) in [5, 5.41) is 0. The van der Waals surface area contributed by atoms with Crippen molar-refractivity contribution in [3.8, 4) is 11.5 Å². The van der Waals surface area contributed by atoms with Crippen LogP contribution >= 0.6 is 0 Å². The number of benzene rings is 2. The average Bonchev–Trinajstić information content (AvgIpc) is 2.46. The molecule has 0 amide bonds. The lowest BCUT2D eigenvalue weighted by Crippen LogP contribution is -2.02. The number of hydrogen-bond acceptors (Lipinski definition) is 2. The molecule has 0 saturated carbocycles. The Morgan fingerprint density at radius 3 is 2.40 bits per heavy atom. The molecule has 2 aromatic rings. The molecular weight excluding hydrogens is 255 g/mol. The first-order valence-corrected chi connectivity index (χ1v) is 6.66. The van der Waals surface area contributed by atoms with Gasteiger partial charge in [0.25, 0.3) is 0 Å². The summed E-state index contributed by atoms with van der Waals surface area (Å²) < 4.78 is 24.8. The minimum absolute atomic E-state index is 0.187. The Morgan fingerprint density at radius 2 is 1.70 bits per heavy atom. The molecule has 0 unspecified atom stereocenters. The van der Waals surface area contributed by atoms with Crippen molar-refractivity contribution in [1.29, 1.82) is 0 Å². The average molecular weight is 274 g/mol. The van der Waals surface area contributed by atoms with Crippen LogP contribution in [0, 0.1) is 5.82 Å². The third-order valence-electron chi connectivity index (χ3n) is 3.19. The molecule has 20 heavy (non-hydrogen) atoms. The maximum atomic E-state index is 14.0. The first kappa shape index (κ1) is 14.4. The van der Waals surface area contributed by atoms with E-state index in [-0.39, 0.29) is 18.2 Å². The molecule has 0 saturated heterocycles. The van der Waals surface area contributed by atoms with Crippen LogP contribution in [0.4, 0.5) is 4.39 Å². The van der Waals surface area contributed by atoms with E-state index in [9.17, 15) is 4.39 Å². The first-order valence-electron chi connectivity index (χ1n) is 6.66. The summed E-state index contributed by atoms with van der Waals surface area (Å²) in [5.74, 6) is 1.03. The SMILES string of the molecule is COc1cccc(COc2ccccc2C(C)C)c1F. The number of methoxy groups -OCH3 is 1. The van der Waals surface area contributed by atoms with Gasteiger partial charge in [0, 0.05) is 5.56 Å². The molecule has 0 bridgehead atoms. The molecule has 0 aliphatic rings. The fourth-order valence-corrected chi connectivity index (χ4v) is 2.07. The second-order valence-corrected chi connectivity index (χ2v) is 4.91. The van der Waals surface area contributed by atoms with Crippen LogP contribution in [-0.2, 0) is 6.61 Å². The van der Waals surface area contributed by atoms with Crippen LogP contribution in [-0.4, -0.2) is 7.11 Å². The Kier molecular flexibility index (Phi) is 4.61. The standard InChI is InChI=1S/C17H19FO2/c1-12(2)14-8-4-5-9-15(14)20-11-13-7-6-10-16(19-3)17(13)18/h4-10,12H,11H2,1-3H3. The maximum absolute atomic E-state index is 14.0. The Hall–Kier alpha value is -2.03. The van der Waals surface area contributed by atoms with Crippen LogP contribution in [0.25, 0.3) is 0 Å². The molecule has 0 fully saturated rings. The summed E-state index contributed by atoms with van der Waals surface area (Å²) in [7, 11) is 1.46. The van der Waals surface area contributed by atoms with Crippen molar-refractivity contribution >= 4 is 0 Å². The minimum atomic E-state index is -0.364. The van der Waals surface area contributed by atoms with E-state index < -0.39 is 0 Å². The maximum Gasteiger partial charge on any atom is 0.171 e. The van der Waals surface area contributed by atoms with Gasteiger partial charge in [0.15, 0.2) is 11.6 Å². The summed E-state index contributed by atoms with van der Waals surface area (Å²) in [6, 6.07) is 12.9. The summed E-state index contributed by atoms with van der Waals surface area (Å²) in [6.07, 6.45) is 0. The van der Waals surface area contributed by atoms with E-state index in [2.05, 4.69) is 13.8 Å². The van der Waals surface area contributed by atoms with Gasteiger partial charge in [-0.2, -0.15) is 0 Å². The van der Waals surface area contributed by atoms with E-state index in [4.69, 9.17) is 9.47 Å². The lowest BCUT2D eigenvalue weighted by Gasteiger charge is -2.14. The molecular formula is C17H19FO2. The summed E-state index contributed by atoms with van der Waals surface area (Å²) in [5.41, 5.74) is 1.61. The van der Waals surface area contributed by atoms with E-state index in [0.717, 1.165) is 11.3 Å². The van der Waals surface area contributed by atoms with Gasteiger partial charge in [0.05, 0.1) is 7.11 Å². The number of hydrogen-bond donors (Lipinski definition) is 0. The molecule has 0 N–H and O–H groups in total. The van der Waals surface area contributed by atoms with Gasteiger partial charge in [0.1, 0.15) is 12.4 Å². The van der Waals surface area contributed by atoms with E-state index in [1.165, 1.54) is 7.11 Å². The molecule has 0 aliphatic heterocycles. The highest BCUT2D eigenvalue weighted by Gasteiger charge is 2.11. The Morgan fingerprint density at radius 1 is 1.00 bits per heavy atom. The molecule has 2 rings (SSSR count). The number of rotatable bonds is 5. The summed E-state index contributed by atoms with van der Waals surface area (Å²) in [4.78, 5) is 0. The van der Waals surface area contributed by atoms with Gasteiger partial charge in [-0.1, -0.05) is 44.2 Å². The molecule has 0 aliphatic carbocycles. The van der Waals surface area contributed by atoms with Crippen LogP contribution in [0.15, 0.2) is 42.5 Å². The van der Waals surface area contributed by atoms with Crippen molar-refractivity contribution in [3.05, 3.63) is 59.4 Å². The highest BCUT2D eigenvalue weighted by atomic mass is 19.1. The van der Waals surface area contributed by atoms with E-state index >= 15 is 0 Å². The zero-order valence-corrected chi connectivity index (χ0v) is 12.0. The predicted octanol–water partition coefficient (Wildman–Crippen LogP) is 4.54. The van der Waals surface area contributed by atoms with E-state index in [1.807, 2.05) is 24.3 Å². The molecule has 0 radical (unpaired) electrons. The lowest BCUT2D eigenvalue weighted by atomic mass is 10.0. The number of ether oxygens (including phenoxy) is 2. The van der Waals surface area contributed by atoms with Crippen LogP contribution in [0.2, 0.25) is 0 Å². The fourth-order valence-electron chi connectivity index (χ4n) is 2.07. The molecule has 0 heterocycles. The van der Waals surface area contributed by atoms with Gasteiger partial charge in [0.2, 0.25) is 0 Å². The molecule has 0 atom stereocenters. The monoisotopic (exact) mass is 274 g/mol. The molecule has 106 valence electrons. The lowest BCUT2D eigenvalue weighted by molar-refractivity contribution is 0.292. The van der Waals surface area contributed by atoms with Crippen molar-refractivity contribution < 1.29 is 13.9 Å². The van der Waals surface area contributed by atoms with Crippen molar-refractivity contribution in [3.63, 3.8) is 0 Å². The van der Waals surface area contributed by atoms with Crippen LogP contribution in [0.3, 0.4) is 0 Å². The van der Waals surface area contributed by atoms with Crippen molar-refractivity contribution in [2.75, 3.05) is 7.11 Å². The summed E-state index contributed by atoms with van der Waals surface area (Å²) >= 11 is 0. The van der Waals surface area contributed by atoms with Gasteiger partial charge in [-0.15, -0.1) is 0 Å². The van der Waals surface area contributed by atoms with Crippen LogP contribution < -0.4 is 9.47 Å². The predicted molar refractivity (Wildman–Crippen MR) is 77.8 cm³/mol. The first-order chi connectivity index (χ1) is 9.63. The highest BCUT2D eigenvalue weighted by Crippen LogP contribution is 2.27. The van der Waals surface area contributed by atoms with Crippen molar-refractivity contribution in [2.45, 2.75) is 26.4 Å². The third kappa shape index (κ3) is 3.10. The fraction of sp³-hybridized carbons (Fsp3) is 0.294. The minimum Gasteiger partial charge on any atom is -0.494 e. The third-order valence-corrected chi connectivity index (χ3v) is 3.19. The van der Waals surface area contributed by atoms with E-state index in [0.29, 0.717) is 11.5 Å². The molecule has 2 nitrogen and oxygen atoms in total. The summed E-state index contributed by atoms with van der Waals surface area (Å²) in [6.45, 7) is 4.40.